The maximum Gasteiger partial charge on any atom is 0.396 e. The number of rotatable bonds is 23. The molecule has 462 valence electrons. The predicted molar refractivity (Wildman–Crippen MR) is 333 cm³/mol. The molecule has 1 aliphatic carbocycles. The van der Waals surface area contributed by atoms with E-state index in [9.17, 15) is 52.7 Å². The van der Waals surface area contributed by atoms with Crippen molar-refractivity contribution in [1.82, 2.24) is 31.2 Å². The summed E-state index contributed by atoms with van der Waals surface area (Å²) in [6.45, 7) is 12.1. The Hall–Kier alpha value is -8.12. The number of thiazole rings is 1. The molecule has 6 amide bonds. The summed E-state index contributed by atoms with van der Waals surface area (Å²) in [4.78, 5) is 137. The van der Waals surface area contributed by atoms with Gasteiger partial charge in [0.2, 0.25) is 29.5 Å². The molecular formula is C66H75N8O12PS. The molecule has 6 aromatic rings. The standard InChI is InChI=1S/C66H75N8O12PS/c1-37-29-48(49(30-37)61(78)68-34-41-19-21-44(22-20-41)59-38(2)69-36-88-59)58(77)60(66(4,5)6)73-56(76)14-9-7-8-11-40-15-17-42(18-16-40)35-86-39(3)50(27-28-55(67)75)71-63(80)54-33-45-13-10-12-43-23-26-52(64(81)74(54)57(43)45)72-62(79)53-32-47-31-46(24-25-51(47)70-53)65(82)87(83,84)85/h10,12-13,15-22,24-25,31-32,36-37,39,48-50,52,54,60,70H,7,9,14,23,26-30,33-35H2,1-6H3,(H2,67,75)(H,68,78)(H,71,80)(H,72,79)(H,73,76)(H2,83,84,85)/t37-,39+,48?,49+,50-,52-,54-,60+/m0/s1. The van der Waals surface area contributed by atoms with E-state index in [4.69, 9.17) is 10.5 Å². The first-order valence-corrected chi connectivity index (χ1v) is 32.2. The van der Waals surface area contributed by atoms with Crippen LogP contribution < -0.4 is 31.9 Å². The quantitative estimate of drug-likeness (QED) is 0.0172. The second-order valence-corrected chi connectivity index (χ2v) is 26.8. The maximum atomic E-state index is 14.6. The highest BCUT2D eigenvalue weighted by molar-refractivity contribution is 7.70. The number of benzene rings is 4. The Morgan fingerprint density at radius 2 is 1.62 bits per heavy atom. The number of H-pyrrole nitrogens is 1. The van der Waals surface area contributed by atoms with E-state index in [0.29, 0.717) is 55.2 Å². The third-order valence-electron chi connectivity index (χ3n) is 16.8. The fraction of sp³-hybridized carbons (Fsp3) is 0.409. The number of Topliss-reactive ketones (excluding diaryl/α,β-unsaturated/α-hetero) is 1. The van der Waals surface area contributed by atoms with Gasteiger partial charge in [0.25, 0.3) is 11.4 Å². The summed E-state index contributed by atoms with van der Waals surface area (Å²) >= 11 is 1.59. The molecule has 1 unspecified atom stereocenters. The zero-order valence-electron chi connectivity index (χ0n) is 50.1. The first-order chi connectivity index (χ1) is 41.8. The summed E-state index contributed by atoms with van der Waals surface area (Å²) < 4.78 is 17.9. The third-order valence-corrected chi connectivity index (χ3v) is 18.5. The Balaban J connectivity index is 0.752. The monoisotopic (exact) mass is 1230 g/mol. The number of anilines is 1. The van der Waals surface area contributed by atoms with Gasteiger partial charge in [-0.1, -0.05) is 94.1 Å². The van der Waals surface area contributed by atoms with E-state index in [1.165, 1.54) is 29.2 Å². The number of carbonyl (C=O) groups excluding carboxylic acids is 8. The van der Waals surface area contributed by atoms with E-state index in [1.807, 2.05) is 99.9 Å². The van der Waals surface area contributed by atoms with Gasteiger partial charge >= 0.3 is 7.60 Å². The molecule has 3 aliphatic rings. The van der Waals surface area contributed by atoms with Crippen molar-refractivity contribution in [2.24, 2.45) is 28.9 Å². The number of aromatic amines is 1. The average molecular weight is 1240 g/mol. The van der Waals surface area contributed by atoms with Gasteiger partial charge in [0.05, 0.1) is 46.6 Å². The number of hydrogen-bond acceptors (Lipinski definition) is 12. The summed E-state index contributed by atoms with van der Waals surface area (Å²) in [5, 5.41) is 12.3. The minimum Gasteiger partial charge on any atom is -0.372 e. The molecule has 2 aromatic heterocycles. The Kier molecular flexibility index (Phi) is 20.1. The molecule has 88 heavy (non-hydrogen) atoms. The molecule has 22 heteroatoms. The molecule has 0 bridgehead atoms. The van der Waals surface area contributed by atoms with Crippen LogP contribution in [-0.2, 0) is 64.1 Å². The van der Waals surface area contributed by atoms with Crippen LogP contribution in [0.5, 0.6) is 0 Å². The summed E-state index contributed by atoms with van der Waals surface area (Å²) in [5.41, 5.74) is 12.5. The fourth-order valence-corrected chi connectivity index (χ4v) is 13.3. The molecule has 8 atom stereocenters. The van der Waals surface area contributed by atoms with Gasteiger partial charge in [-0.2, -0.15) is 0 Å². The number of ether oxygens (including phenoxy) is 1. The van der Waals surface area contributed by atoms with Gasteiger partial charge in [0.1, 0.15) is 17.8 Å². The predicted octanol–water partition coefficient (Wildman–Crippen LogP) is 7.88. The van der Waals surface area contributed by atoms with Crippen molar-refractivity contribution in [1.29, 1.82) is 0 Å². The molecule has 4 heterocycles. The van der Waals surface area contributed by atoms with Crippen molar-refractivity contribution in [3.05, 3.63) is 141 Å². The largest absolute Gasteiger partial charge is 0.396 e. The number of aromatic nitrogens is 2. The topological polar surface area (TPSA) is 309 Å². The van der Waals surface area contributed by atoms with E-state index < -0.39 is 84.3 Å². The van der Waals surface area contributed by atoms with Crippen molar-refractivity contribution >= 4 is 82.3 Å². The first-order valence-electron chi connectivity index (χ1n) is 29.7. The second-order valence-electron chi connectivity index (χ2n) is 24.5. The zero-order valence-corrected chi connectivity index (χ0v) is 51.9. The number of fused-ring (bicyclic) bond motifs is 1. The number of nitrogens with two attached hydrogens (primary N) is 1. The molecular weight excluding hydrogens is 1160 g/mol. The second kappa shape index (κ2) is 27.5. The van der Waals surface area contributed by atoms with Crippen LogP contribution in [0.25, 0.3) is 21.3 Å². The smallest absolute Gasteiger partial charge is 0.372 e. The lowest BCUT2D eigenvalue weighted by atomic mass is 9.77. The molecule has 0 radical (unpaired) electrons. The summed E-state index contributed by atoms with van der Waals surface area (Å²) in [6.07, 6.45) is 2.53. The van der Waals surface area contributed by atoms with Crippen LogP contribution >= 0.6 is 18.9 Å². The highest BCUT2D eigenvalue weighted by Gasteiger charge is 2.47. The molecule has 9 rings (SSSR count). The van der Waals surface area contributed by atoms with Crippen LogP contribution in [0.15, 0.2) is 96.5 Å². The van der Waals surface area contributed by atoms with E-state index >= 15 is 0 Å². The van der Waals surface area contributed by atoms with Crippen molar-refractivity contribution in [3.8, 4) is 22.3 Å². The number of carbonyl (C=O) groups is 8. The van der Waals surface area contributed by atoms with E-state index in [2.05, 4.69) is 50.0 Å². The van der Waals surface area contributed by atoms with Crippen molar-refractivity contribution in [2.75, 3.05) is 4.90 Å². The maximum absolute atomic E-state index is 14.6. The van der Waals surface area contributed by atoms with Gasteiger partial charge in [-0.05, 0) is 128 Å². The van der Waals surface area contributed by atoms with Crippen LogP contribution in [0.3, 0.4) is 0 Å². The number of ketones is 1. The number of amides is 6. The van der Waals surface area contributed by atoms with E-state index in [0.717, 1.165) is 44.0 Å². The van der Waals surface area contributed by atoms with Crippen LogP contribution in [-0.4, -0.2) is 96.8 Å². The Labute approximate surface area is 515 Å². The molecule has 0 spiro atoms. The van der Waals surface area contributed by atoms with Gasteiger partial charge in [-0.15, -0.1) is 11.3 Å². The summed E-state index contributed by atoms with van der Waals surface area (Å²) in [7, 11) is -5.05. The highest BCUT2D eigenvalue weighted by atomic mass is 32.1. The molecule has 2 aliphatic heterocycles. The Morgan fingerprint density at radius 1 is 0.909 bits per heavy atom. The molecule has 20 nitrogen and oxygen atoms in total. The number of hydrogen-bond donors (Lipinski definition) is 8. The van der Waals surface area contributed by atoms with E-state index in [-0.39, 0.29) is 73.5 Å². The number of nitrogens with zero attached hydrogens (tertiary/aromatic N) is 2. The van der Waals surface area contributed by atoms with Gasteiger partial charge in [0, 0.05) is 66.1 Å². The number of unbranched alkanes of at least 4 members (excludes halogenated alkanes) is 1. The molecule has 4 aromatic carbocycles. The number of para-hydroxylation sites is 1. The summed E-state index contributed by atoms with van der Waals surface area (Å²) in [6, 6.07) is 22.9. The minimum absolute atomic E-state index is 0.0392. The van der Waals surface area contributed by atoms with Crippen molar-refractivity contribution in [2.45, 2.75) is 149 Å². The highest BCUT2D eigenvalue weighted by Crippen LogP contribution is 2.42. The summed E-state index contributed by atoms with van der Waals surface area (Å²) in [5.74, 6) is 2.72. The SMILES string of the molecule is Cc1ncsc1-c1ccc(CNC(=O)[C@@H]2C[C@@H](C)CC2C(=O)[C@@H](NC(=O)CCCC#Cc2ccc(CO[C@H](C)[C@H](CCC(N)=O)NC(=O)[C@@H]3Cc4cccc5c4N3C(=O)[C@@H](NC(=O)c3cc4cc(C(=O)P(=O)(O)O)ccc4[nH]3)CC5)cc2)C(C)(C)C)cc1. The van der Waals surface area contributed by atoms with Crippen molar-refractivity contribution < 1.29 is 57.4 Å². The van der Waals surface area contributed by atoms with Gasteiger partial charge in [-0.25, -0.2) is 4.98 Å². The molecule has 1 fully saturated rings. The lowest BCUT2D eigenvalue weighted by Crippen LogP contribution is -2.56. The lowest BCUT2D eigenvalue weighted by Gasteiger charge is -2.33. The third kappa shape index (κ3) is 15.4. The first kappa shape index (κ1) is 64.4. The molecule has 9 N–H and O–H groups in total. The normalized spacial score (nSPS) is 19.1. The van der Waals surface area contributed by atoms with Crippen LogP contribution in [0, 0.1) is 41.9 Å². The van der Waals surface area contributed by atoms with Crippen LogP contribution in [0.4, 0.5) is 5.69 Å². The van der Waals surface area contributed by atoms with Gasteiger partial charge in [0.15, 0.2) is 5.78 Å². The van der Waals surface area contributed by atoms with Gasteiger partial charge < -0.3 is 46.5 Å². The molecule has 1 saturated carbocycles. The van der Waals surface area contributed by atoms with Crippen molar-refractivity contribution in [3.63, 3.8) is 0 Å². The minimum atomic E-state index is -5.05. The Bertz CT molecular complexity index is 3760. The zero-order chi connectivity index (χ0) is 63.2. The van der Waals surface area contributed by atoms with Gasteiger partial charge in [-0.3, -0.25) is 47.8 Å². The fourth-order valence-electron chi connectivity index (χ4n) is 12.0. The van der Waals surface area contributed by atoms with E-state index in [1.54, 1.807) is 18.3 Å². The van der Waals surface area contributed by atoms with Crippen LogP contribution in [0.1, 0.15) is 140 Å². The number of nitrogens with one attached hydrogen (secondary N) is 5. The van der Waals surface area contributed by atoms with Crippen LogP contribution in [0.2, 0.25) is 0 Å². The molecule has 0 saturated heterocycles. The Morgan fingerprint density at radius 3 is 2.32 bits per heavy atom. The average Bonchev–Trinajstić information content (AvgIpc) is 1.95. The lowest BCUT2D eigenvalue weighted by molar-refractivity contribution is -0.137. The number of aryl methyl sites for hydroxylation is 2. The number of primary amides is 1.